The molecule has 1 aromatic heterocycles. The Morgan fingerprint density at radius 3 is 2.71 bits per heavy atom. The average molecular weight is 240 g/mol. The van der Waals surface area contributed by atoms with Crippen molar-refractivity contribution in [1.29, 1.82) is 0 Å². The number of aryl methyl sites for hydroxylation is 1. The third kappa shape index (κ3) is 3.30. The molecular formula is C12H20N2O3. The molecule has 0 aliphatic rings. The third-order valence-corrected chi connectivity index (χ3v) is 2.73. The molecule has 1 rings (SSSR count). The summed E-state index contributed by atoms with van der Waals surface area (Å²) in [5.74, 6) is -0.879. The molecule has 0 bridgehead atoms. The van der Waals surface area contributed by atoms with Crippen molar-refractivity contribution in [3.63, 3.8) is 0 Å². The van der Waals surface area contributed by atoms with Gasteiger partial charge in [0.05, 0.1) is 24.8 Å². The van der Waals surface area contributed by atoms with Gasteiger partial charge in [0.15, 0.2) is 0 Å². The van der Waals surface area contributed by atoms with Gasteiger partial charge < -0.3 is 9.84 Å². The van der Waals surface area contributed by atoms with Crippen LogP contribution in [0, 0.1) is 5.92 Å². The van der Waals surface area contributed by atoms with Crippen LogP contribution in [-0.4, -0.2) is 27.5 Å². The van der Waals surface area contributed by atoms with Crippen molar-refractivity contribution < 1.29 is 14.6 Å². The molecule has 1 heterocycles. The standard InChI is InChI=1S/C12H20N2O3/c1-4-10(12(16)17-6-3)11(15)9-7-13-14(5-2)8-9/h7-8,10-11,15H,4-6H2,1-3H3. The minimum Gasteiger partial charge on any atom is -0.466 e. The monoisotopic (exact) mass is 240 g/mol. The maximum atomic E-state index is 11.7. The van der Waals surface area contributed by atoms with Crippen LogP contribution in [0.3, 0.4) is 0 Å². The first kappa shape index (κ1) is 13.7. The highest BCUT2D eigenvalue weighted by atomic mass is 16.5. The SMILES string of the molecule is CCOC(=O)C(CC)C(O)c1cnn(CC)c1. The number of rotatable bonds is 6. The Labute approximate surface area is 101 Å². The molecule has 5 nitrogen and oxygen atoms in total. The minimum atomic E-state index is -0.848. The van der Waals surface area contributed by atoms with E-state index in [1.165, 1.54) is 0 Å². The molecule has 0 aliphatic heterocycles. The number of carbonyl (C=O) groups is 1. The second-order valence-electron chi connectivity index (χ2n) is 3.84. The molecule has 17 heavy (non-hydrogen) atoms. The lowest BCUT2D eigenvalue weighted by atomic mass is 9.95. The van der Waals surface area contributed by atoms with Crippen LogP contribution >= 0.6 is 0 Å². The van der Waals surface area contributed by atoms with Crippen LogP contribution in [0.15, 0.2) is 12.4 Å². The Morgan fingerprint density at radius 2 is 2.24 bits per heavy atom. The Balaban J connectivity index is 2.77. The fourth-order valence-electron chi connectivity index (χ4n) is 1.71. The lowest BCUT2D eigenvalue weighted by Gasteiger charge is -2.18. The Morgan fingerprint density at radius 1 is 1.53 bits per heavy atom. The molecule has 1 aromatic rings. The highest BCUT2D eigenvalue weighted by Crippen LogP contribution is 2.25. The van der Waals surface area contributed by atoms with Gasteiger partial charge in [-0.3, -0.25) is 9.48 Å². The molecular weight excluding hydrogens is 220 g/mol. The van der Waals surface area contributed by atoms with Crippen molar-refractivity contribution in [1.82, 2.24) is 9.78 Å². The predicted octanol–water partition coefficient (Wildman–Crippen LogP) is 1.53. The van der Waals surface area contributed by atoms with E-state index in [0.29, 0.717) is 18.6 Å². The maximum Gasteiger partial charge on any atom is 0.311 e. The van der Waals surface area contributed by atoms with E-state index in [1.54, 1.807) is 24.0 Å². The fraction of sp³-hybridized carbons (Fsp3) is 0.667. The first-order valence-electron chi connectivity index (χ1n) is 6.01. The zero-order chi connectivity index (χ0) is 12.8. The molecule has 0 radical (unpaired) electrons. The van der Waals surface area contributed by atoms with Gasteiger partial charge in [-0.25, -0.2) is 0 Å². The minimum absolute atomic E-state index is 0.330. The van der Waals surface area contributed by atoms with Crippen molar-refractivity contribution >= 4 is 5.97 Å². The number of carbonyl (C=O) groups excluding carboxylic acids is 1. The Hall–Kier alpha value is -1.36. The number of nitrogens with zero attached hydrogens (tertiary/aromatic N) is 2. The summed E-state index contributed by atoms with van der Waals surface area (Å²) >= 11 is 0. The van der Waals surface area contributed by atoms with Crippen LogP contribution < -0.4 is 0 Å². The van der Waals surface area contributed by atoms with Crippen LogP contribution in [0.4, 0.5) is 0 Å². The van der Waals surface area contributed by atoms with Gasteiger partial charge in [0.1, 0.15) is 0 Å². The fourth-order valence-corrected chi connectivity index (χ4v) is 1.71. The summed E-state index contributed by atoms with van der Waals surface area (Å²) < 4.78 is 6.66. The van der Waals surface area contributed by atoms with Gasteiger partial charge in [-0.15, -0.1) is 0 Å². The molecule has 5 heteroatoms. The third-order valence-electron chi connectivity index (χ3n) is 2.73. The number of hydrogen-bond acceptors (Lipinski definition) is 4. The zero-order valence-electron chi connectivity index (χ0n) is 10.6. The van der Waals surface area contributed by atoms with E-state index < -0.39 is 12.0 Å². The van der Waals surface area contributed by atoms with Crippen LogP contribution in [0.25, 0.3) is 0 Å². The average Bonchev–Trinajstić information content (AvgIpc) is 2.78. The van der Waals surface area contributed by atoms with Gasteiger partial charge >= 0.3 is 5.97 Å². The van der Waals surface area contributed by atoms with E-state index >= 15 is 0 Å². The molecule has 0 saturated carbocycles. The van der Waals surface area contributed by atoms with Gasteiger partial charge in [0.25, 0.3) is 0 Å². The van der Waals surface area contributed by atoms with Crippen LogP contribution in [0.5, 0.6) is 0 Å². The normalized spacial score (nSPS) is 14.4. The summed E-state index contributed by atoms with van der Waals surface area (Å²) in [4.78, 5) is 11.7. The number of hydrogen-bond donors (Lipinski definition) is 1. The van der Waals surface area contributed by atoms with Crippen molar-refractivity contribution in [2.24, 2.45) is 5.92 Å². The number of aliphatic hydroxyl groups excluding tert-OH is 1. The predicted molar refractivity (Wildman–Crippen MR) is 63.3 cm³/mol. The molecule has 0 saturated heterocycles. The van der Waals surface area contributed by atoms with E-state index in [-0.39, 0.29) is 5.97 Å². The first-order valence-corrected chi connectivity index (χ1v) is 6.01. The summed E-state index contributed by atoms with van der Waals surface area (Å²) in [6.07, 6.45) is 3.04. The van der Waals surface area contributed by atoms with Crippen LogP contribution in [-0.2, 0) is 16.1 Å². The number of esters is 1. The van der Waals surface area contributed by atoms with E-state index in [9.17, 15) is 9.90 Å². The van der Waals surface area contributed by atoms with E-state index in [0.717, 1.165) is 6.54 Å². The van der Waals surface area contributed by atoms with Crippen molar-refractivity contribution in [2.45, 2.75) is 39.8 Å². The molecule has 0 spiro atoms. The lowest BCUT2D eigenvalue weighted by molar-refractivity contribution is -0.152. The molecule has 2 atom stereocenters. The summed E-state index contributed by atoms with van der Waals surface area (Å²) in [7, 11) is 0. The van der Waals surface area contributed by atoms with Crippen molar-refractivity contribution in [3.8, 4) is 0 Å². The Bertz CT molecular complexity index is 362. The van der Waals surface area contributed by atoms with Gasteiger partial charge in [-0.2, -0.15) is 5.10 Å². The molecule has 2 unspecified atom stereocenters. The summed E-state index contributed by atoms with van der Waals surface area (Å²) in [5.41, 5.74) is 0.659. The Kier molecular flexibility index (Phi) is 5.15. The summed E-state index contributed by atoms with van der Waals surface area (Å²) in [6, 6.07) is 0. The first-order chi connectivity index (χ1) is 8.13. The summed E-state index contributed by atoms with van der Waals surface area (Å²) in [5, 5.41) is 14.2. The van der Waals surface area contributed by atoms with Crippen molar-refractivity contribution in [3.05, 3.63) is 18.0 Å². The number of aliphatic hydroxyl groups is 1. The summed E-state index contributed by atoms with van der Waals surface area (Å²) in [6.45, 7) is 6.65. The smallest absolute Gasteiger partial charge is 0.311 e. The number of ether oxygens (including phenoxy) is 1. The second-order valence-corrected chi connectivity index (χ2v) is 3.84. The molecule has 1 N–H and O–H groups in total. The quantitative estimate of drug-likeness (QED) is 0.766. The number of aromatic nitrogens is 2. The van der Waals surface area contributed by atoms with Gasteiger partial charge in [0.2, 0.25) is 0 Å². The molecule has 0 fully saturated rings. The van der Waals surface area contributed by atoms with Gasteiger partial charge in [0, 0.05) is 18.3 Å². The molecule has 96 valence electrons. The highest BCUT2D eigenvalue weighted by molar-refractivity contribution is 5.73. The van der Waals surface area contributed by atoms with Gasteiger partial charge in [-0.05, 0) is 20.3 Å². The van der Waals surface area contributed by atoms with E-state index in [4.69, 9.17) is 4.74 Å². The molecule has 0 aliphatic carbocycles. The van der Waals surface area contributed by atoms with Gasteiger partial charge in [-0.1, -0.05) is 6.92 Å². The van der Waals surface area contributed by atoms with Crippen LogP contribution in [0.1, 0.15) is 38.9 Å². The molecule has 0 amide bonds. The van der Waals surface area contributed by atoms with Crippen molar-refractivity contribution in [2.75, 3.05) is 6.61 Å². The topological polar surface area (TPSA) is 64.3 Å². The second kappa shape index (κ2) is 6.39. The largest absolute Gasteiger partial charge is 0.466 e. The zero-order valence-corrected chi connectivity index (χ0v) is 10.6. The maximum absolute atomic E-state index is 11.7. The van der Waals surface area contributed by atoms with E-state index in [2.05, 4.69) is 5.10 Å². The molecule has 0 aromatic carbocycles. The highest BCUT2D eigenvalue weighted by Gasteiger charge is 2.28. The lowest BCUT2D eigenvalue weighted by Crippen LogP contribution is -2.23. The van der Waals surface area contributed by atoms with E-state index in [1.807, 2.05) is 13.8 Å². The van der Waals surface area contributed by atoms with Crippen LogP contribution in [0.2, 0.25) is 0 Å².